The van der Waals surface area contributed by atoms with Gasteiger partial charge in [-0.3, -0.25) is 14.4 Å². The summed E-state index contributed by atoms with van der Waals surface area (Å²) in [6.45, 7) is 0.263. The lowest BCUT2D eigenvalue weighted by Gasteiger charge is -2.10. The zero-order valence-electron chi connectivity index (χ0n) is 21.0. The van der Waals surface area contributed by atoms with E-state index >= 15 is 0 Å². The van der Waals surface area contributed by atoms with Crippen LogP contribution < -0.4 is 16.3 Å². The van der Waals surface area contributed by atoms with Crippen LogP contribution in [0.3, 0.4) is 0 Å². The number of phenolic OH excluding ortho intramolecular Hbond substituents is 1. The molecule has 0 saturated carbocycles. The standard InChI is InChI=1S/C32H32O5/c33-19-13-7-5-3-1-2-4-6-8-18-24-25-27(31(36)22-16-11-9-14-20(22)29(25)34)28-26(24)30(35)21-15-10-12-17-23(21)32(28)37/h9-12,14-17,33-34H,1-8,13,18-19H2. The first-order chi connectivity index (χ1) is 18.1. The van der Waals surface area contributed by atoms with Crippen LogP contribution in [-0.2, 0) is 6.42 Å². The first-order valence-corrected chi connectivity index (χ1v) is 13.4. The minimum absolute atomic E-state index is 0.0258. The van der Waals surface area contributed by atoms with E-state index in [2.05, 4.69) is 0 Å². The predicted molar refractivity (Wildman–Crippen MR) is 150 cm³/mol. The van der Waals surface area contributed by atoms with E-state index in [1.165, 1.54) is 6.42 Å². The maximum absolute atomic E-state index is 13.7. The second kappa shape index (κ2) is 10.8. The summed E-state index contributed by atoms with van der Waals surface area (Å²) in [7, 11) is 0. The minimum Gasteiger partial charge on any atom is -0.507 e. The van der Waals surface area contributed by atoms with Crippen molar-refractivity contribution in [2.24, 2.45) is 0 Å². The molecular weight excluding hydrogens is 464 g/mol. The van der Waals surface area contributed by atoms with Gasteiger partial charge in [0.15, 0.2) is 16.3 Å². The molecule has 0 bridgehead atoms. The van der Waals surface area contributed by atoms with E-state index < -0.39 is 0 Å². The maximum Gasteiger partial charge on any atom is 0.195 e. The summed E-state index contributed by atoms with van der Waals surface area (Å²) >= 11 is 0. The number of fused-ring (bicyclic) bond motifs is 5. The molecule has 3 aliphatic carbocycles. The van der Waals surface area contributed by atoms with Gasteiger partial charge in [-0.15, -0.1) is 0 Å². The molecule has 3 aliphatic rings. The van der Waals surface area contributed by atoms with Crippen LogP contribution in [0.4, 0.5) is 0 Å². The van der Waals surface area contributed by atoms with Crippen molar-refractivity contribution in [3.05, 3.63) is 84.8 Å². The van der Waals surface area contributed by atoms with Crippen LogP contribution in [0.2, 0.25) is 0 Å². The third-order valence-corrected chi connectivity index (χ3v) is 7.70. The second-order valence-corrected chi connectivity index (χ2v) is 10.1. The van der Waals surface area contributed by atoms with Crippen LogP contribution in [-0.4, -0.2) is 16.8 Å². The maximum atomic E-state index is 13.7. The molecule has 0 saturated heterocycles. The van der Waals surface area contributed by atoms with E-state index in [0.717, 1.165) is 51.4 Å². The predicted octanol–water partition coefficient (Wildman–Crippen LogP) is 5.91. The molecule has 5 rings (SSSR count). The number of unbranched alkanes of at least 4 members (excludes halogenated alkanes) is 8. The van der Waals surface area contributed by atoms with Gasteiger partial charge in [-0.2, -0.15) is 0 Å². The monoisotopic (exact) mass is 496 g/mol. The molecule has 0 spiro atoms. The van der Waals surface area contributed by atoms with Gasteiger partial charge in [0.25, 0.3) is 0 Å². The number of aliphatic hydroxyl groups excluding tert-OH is 1. The molecule has 0 unspecified atom stereocenters. The third-order valence-electron chi connectivity index (χ3n) is 7.70. The first-order valence-electron chi connectivity index (χ1n) is 13.4. The van der Waals surface area contributed by atoms with Crippen molar-refractivity contribution in [3.8, 4) is 28.0 Å². The molecule has 0 radical (unpaired) electrons. The van der Waals surface area contributed by atoms with Gasteiger partial charge in [-0.25, -0.2) is 0 Å². The highest BCUT2D eigenvalue weighted by molar-refractivity contribution is 6.09. The van der Waals surface area contributed by atoms with Crippen molar-refractivity contribution in [2.45, 2.75) is 64.2 Å². The van der Waals surface area contributed by atoms with Crippen LogP contribution in [0.5, 0.6) is 5.75 Å². The van der Waals surface area contributed by atoms with Crippen LogP contribution in [0.15, 0.2) is 62.9 Å². The van der Waals surface area contributed by atoms with E-state index in [-0.39, 0.29) is 39.8 Å². The molecule has 190 valence electrons. The summed E-state index contributed by atoms with van der Waals surface area (Å²) in [5.41, 5.74) is 0.739. The Morgan fingerprint density at radius 1 is 0.486 bits per heavy atom. The van der Waals surface area contributed by atoms with E-state index in [1.807, 2.05) is 0 Å². The molecule has 5 heteroatoms. The van der Waals surface area contributed by atoms with Gasteiger partial charge in [-0.1, -0.05) is 93.5 Å². The third kappa shape index (κ3) is 4.42. The summed E-state index contributed by atoms with van der Waals surface area (Å²) in [5.74, 6) is -0.0258. The lowest BCUT2D eigenvalue weighted by atomic mass is 9.95. The summed E-state index contributed by atoms with van der Waals surface area (Å²) in [6.07, 6.45) is 9.92. The van der Waals surface area contributed by atoms with Crippen LogP contribution in [0, 0.1) is 0 Å². The quantitative estimate of drug-likeness (QED) is 0.222. The highest BCUT2D eigenvalue weighted by Gasteiger charge is 2.34. The summed E-state index contributed by atoms with van der Waals surface area (Å²) < 4.78 is 0. The van der Waals surface area contributed by atoms with Crippen molar-refractivity contribution in [1.29, 1.82) is 0 Å². The van der Waals surface area contributed by atoms with Crippen LogP contribution >= 0.6 is 0 Å². The average molecular weight is 497 g/mol. The average Bonchev–Trinajstić information content (AvgIpc) is 3.27. The molecule has 2 aromatic carbocycles. The molecule has 37 heavy (non-hydrogen) atoms. The van der Waals surface area contributed by atoms with Crippen molar-refractivity contribution in [1.82, 2.24) is 0 Å². The Kier molecular flexibility index (Phi) is 7.33. The Labute approximate surface area is 215 Å². The van der Waals surface area contributed by atoms with E-state index in [9.17, 15) is 19.5 Å². The lowest BCUT2D eigenvalue weighted by molar-refractivity contribution is 0.282. The van der Waals surface area contributed by atoms with Crippen molar-refractivity contribution in [2.75, 3.05) is 6.61 Å². The SMILES string of the molecule is O=c1c2c3c(=O)c4ccccc4c(=O)c-3c(CCCCCCCCCCCO)c-2c(O)c2ccccc12. The summed E-state index contributed by atoms with van der Waals surface area (Å²) in [4.78, 5) is 41.0. The number of phenols is 1. The number of aromatic hydroxyl groups is 1. The molecule has 0 aromatic heterocycles. The Morgan fingerprint density at radius 3 is 1.43 bits per heavy atom. The van der Waals surface area contributed by atoms with Gasteiger partial charge in [0.2, 0.25) is 0 Å². The van der Waals surface area contributed by atoms with Gasteiger partial charge in [0.05, 0.1) is 0 Å². The molecule has 2 N–H and O–H groups in total. The minimum atomic E-state index is -0.325. The highest BCUT2D eigenvalue weighted by atomic mass is 16.3. The number of hydrogen-bond acceptors (Lipinski definition) is 5. The number of benzene rings is 4. The first kappa shape index (κ1) is 25.1. The van der Waals surface area contributed by atoms with Crippen LogP contribution in [0.25, 0.3) is 43.8 Å². The van der Waals surface area contributed by atoms with Crippen molar-refractivity contribution < 1.29 is 10.2 Å². The fraction of sp³-hybridized carbons (Fsp3) is 0.344. The molecule has 0 aliphatic heterocycles. The Morgan fingerprint density at radius 2 is 0.892 bits per heavy atom. The molecule has 0 fully saturated rings. The topological polar surface area (TPSA) is 91.7 Å². The van der Waals surface area contributed by atoms with Gasteiger partial charge in [0.1, 0.15) is 5.75 Å². The fourth-order valence-electron chi connectivity index (χ4n) is 5.85. The second-order valence-electron chi connectivity index (χ2n) is 10.1. The normalized spacial score (nSPS) is 11.9. The molecule has 2 aromatic rings. The Balaban J connectivity index is 1.54. The summed E-state index contributed by atoms with van der Waals surface area (Å²) in [5, 5.41) is 21.7. The fourth-order valence-corrected chi connectivity index (χ4v) is 5.85. The van der Waals surface area contributed by atoms with E-state index in [0.29, 0.717) is 44.7 Å². The Bertz CT molecular complexity index is 1640. The van der Waals surface area contributed by atoms with Crippen molar-refractivity contribution >= 4 is 21.5 Å². The van der Waals surface area contributed by atoms with Crippen molar-refractivity contribution in [3.63, 3.8) is 0 Å². The zero-order chi connectivity index (χ0) is 25.9. The number of hydrogen-bond donors (Lipinski definition) is 2. The Hall–Kier alpha value is -3.57. The molecule has 0 atom stereocenters. The number of rotatable bonds is 11. The smallest absolute Gasteiger partial charge is 0.195 e. The van der Waals surface area contributed by atoms with E-state index in [1.54, 1.807) is 48.5 Å². The molecule has 0 heterocycles. The van der Waals surface area contributed by atoms with Gasteiger partial charge >= 0.3 is 0 Å². The zero-order valence-corrected chi connectivity index (χ0v) is 21.0. The molecule has 0 amide bonds. The van der Waals surface area contributed by atoms with Crippen LogP contribution in [0.1, 0.15) is 63.4 Å². The summed E-state index contributed by atoms with van der Waals surface area (Å²) in [6, 6.07) is 13.6. The molecule has 5 nitrogen and oxygen atoms in total. The van der Waals surface area contributed by atoms with E-state index in [4.69, 9.17) is 5.11 Å². The number of aliphatic hydroxyl groups is 1. The largest absolute Gasteiger partial charge is 0.507 e. The lowest BCUT2D eigenvalue weighted by Crippen LogP contribution is -2.18. The van der Waals surface area contributed by atoms with Gasteiger partial charge in [-0.05, 0) is 24.8 Å². The van der Waals surface area contributed by atoms with Gasteiger partial charge in [0, 0.05) is 50.4 Å². The van der Waals surface area contributed by atoms with Gasteiger partial charge < -0.3 is 10.2 Å². The molecular formula is C32H32O5. The highest BCUT2D eigenvalue weighted by Crippen LogP contribution is 2.47.